The Kier molecular flexibility index (Phi) is 2.60. The molecule has 2 saturated carbocycles. The normalized spacial score (nSPS) is 34.0. The van der Waals surface area contributed by atoms with Crippen LogP contribution < -0.4 is 4.74 Å². The molecular formula is C17H16N2O4. The Labute approximate surface area is 132 Å². The van der Waals surface area contributed by atoms with Crippen molar-refractivity contribution in [1.29, 1.82) is 0 Å². The van der Waals surface area contributed by atoms with E-state index in [0.29, 0.717) is 23.6 Å². The number of esters is 1. The number of carbonyl (C=O) groups is 1. The molecule has 0 unspecified atom stereocenters. The van der Waals surface area contributed by atoms with Gasteiger partial charge in [-0.15, -0.1) is 0 Å². The molecule has 0 amide bonds. The Hall–Kier alpha value is -2.37. The van der Waals surface area contributed by atoms with Crippen LogP contribution in [0.5, 0.6) is 5.75 Å². The number of nitrogens with zero attached hydrogens (tertiary/aromatic N) is 2. The van der Waals surface area contributed by atoms with E-state index < -0.39 is 0 Å². The van der Waals surface area contributed by atoms with Gasteiger partial charge < -0.3 is 14.0 Å². The minimum absolute atomic E-state index is 0.0121. The number of hydrogen-bond acceptors (Lipinski definition) is 6. The van der Waals surface area contributed by atoms with Crippen LogP contribution in [0.25, 0.3) is 11.4 Å². The molecule has 6 nitrogen and oxygen atoms in total. The van der Waals surface area contributed by atoms with E-state index in [9.17, 15) is 4.79 Å². The number of benzene rings is 1. The van der Waals surface area contributed by atoms with Crippen LogP contribution in [0.15, 0.2) is 28.8 Å². The summed E-state index contributed by atoms with van der Waals surface area (Å²) in [4.78, 5) is 16.7. The van der Waals surface area contributed by atoms with E-state index in [1.807, 2.05) is 24.3 Å². The minimum atomic E-state index is -0.0997. The van der Waals surface area contributed by atoms with E-state index in [1.165, 1.54) is 0 Å². The molecule has 1 aromatic carbocycles. The van der Waals surface area contributed by atoms with Crippen molar-refractivity contribution in [1.82, 2.24) is 10.1 Å². The minimum Gasteiger partial charge on any atom is -0.497 e. The molecule has 2 aromatic rings. The zero-order chi connectivity index (χ0) is 15.6. The SMILES string of the molecule is COc1cccc(-c2noc([C@@H]3[C@@H]4C[C@H]5[C@@H]3C(=O)O[C@@H]5C4)n2)c1. The summed E-state index contributed by atoms with van der Waals surface area (Å²) in [7, 11) is 1.62. The van der Waals surface area contributed by atoms with Gasteiger partial charge >= 0.3 is 5.97 Å². The van der Waals surface area contributed by atoms with Gasteiger partial charge in [-0.05, 0) is 30.9 Å². The number of fused-ring (bicyclic) bond motifs is 1. The quantitative estimate of drug-likeness (QED) is 0.810. The second kappa shape index (κ2) is 4.57. The highest BCUT2D eigenvalue weighted by molar-refractivity contribution is 5.78. The first-order valence-corrected chi connectivity index (χ1v) is 7.93. The Morgan fingerprint density at radius 3 is 3.04 bits per heavy atom. The molecule has 5 rings (SSSR count). The summed E-state index contributed by atoms with van der Waals surface area (Å²) in [6, 6.07) is 7.54. The molecule has 2 aliphatic carbocycles. The molecule has 0 radical (unpaired) electrons. The first-order chi connectivity index (χ1) is 11.2. The predicted molar refractivity (Wildman–Crippen MR) is 78.6 cm³/mol. The second-order valence-corrected chi connectivity index (χ2v) is 6.61. The van der Waals surface area contributed by atoms with Crippen molar-refractivity contribution in [3.05, 3.63) is 30.2 Å². The van der Waals surface area contributed by atoms with E-state index in [4.69, 9.17) is 14.0 Å². The van der Waals surface area contributed by atoms with Crippen molar-refractivity contribution >= 4 is 5.97 Å². The highest BCUT2D eigenvalue weighted by atomic mass is 16.6. The second-order valence-electron chi connectivity index (χ2n) is 6.61. The third-order valence-electron chi connectivity index (χ3n) is 5.54. The summed E-state index contributed by atoms with van der Waals surface area (Å²) in [6.45, 7) is 0. The summed E-state index contributed by atoms with van der Waals surface area (Å²) in [5.74, 6) is 2.42. The maximum atomic E-state index is 12.1. The highest BCUT2D eigenvalue weighted by Crippen LogP contribution is 2.61. The summed E-state index contributed by atoms with van der Waals surface area (Å²) in [6.07, 6.45) is 2.08. The standard InChI is InChI=1S/C17H16N2O4/c1-21-10-4-2-3-8(5-10)15-18-16(23-19-15)13-9-6-11-12(7-9)22-17(20)14(11)13/h2-5,9,11-14H,6-7H2,1H3/t9-,11-,12-,13-,14+/m1/s1. The average Bonchev–Trinajstić information content (AvgIpc) is 3.30. The van der Waals surface area contributed by atoms with Gasteiger partial charge in [0.2, 0.25) is 11.7 Å². The van der Waals surface area contributed by atoms with E-state index in [0.717, 1.165) is 24.2 Å². The van der Waals surface area contributed by atoms with Crippen molar-refractivity contribution in [2.24, 2.45) is 17.8 Å². The number of rotatable bonds is 3. The number of aromatic nitrogens is 2. The predicted octanol–water partition coefficient (Wildman–Crippen LogP) is 2.41. The van der Waals surface area contributed by atoms with Crippen molar-refractivity contribution < 1.29 is 18.8 Å². The molecular weight excluding hydrogens is 296 g/mol. The molecule has 5 atom stereocenters. The van der Waals surface area contributed by atoms with E-state index in [2.05, 4.69) is 10.1 Å². The van der Waals surface area contributed by atoms with Crippen molar-refractivity contribution in [2.45, 2.75) is 24.9 Å². The molecule has 6 heteroatoms. The van der Waals surface area contributed by atoms with Crippen LogP contribution in [0.2, 0.25) is 0 Å². The molecule has 23 heavy (non-hydrogen) atoms. The van der Waals surface area contributed by atoms with Gasteiger partial charge in [0.05, 0.1) is 18.9 Å². The van der Waals surface area contributed by atoms with Gasteiger partial charge in [-0.2, -0.15) is 4.98 Å². The van der Waals surface area contributed by atoms with Crippen LogP contribution in [0.4, 0.5) is 0 Å². The first-order valence-electron chi connectivity index (χ1n) is 7.93. The van der Waals surface area contributed by atoms with Crippen LogP contribution in [-0.4, -0.2) is 29.3 Å². The van der Waals surface area contributed by atoms with Crippen molar-refractivity contribution in [3.63, 3.8) is 0 Å². The van der Waals surface area contributed by atoms with Gasteiger partial charge in [-0.25, -0.2) is 0 Å². The van der Waals surface area contributed by atoms with Gasteiger partial charge in [0.25, 0.3) is 0 Å². The number of hydrogen-bond donors (Lipinski definition) is 0. The van der Waals surface area contributed by atoms with Crippen LogP contribution in [-0.2, 0) is 9.53 Å². The lowest BCUT2D eigenvalue weighted by Gasteiger charge is -2.20. The highest BCUT2D eigenvalue weighted by Gasteiger charge is 2.63. The first kappa shape index (κ1) is 13.1. The third-order valence-corrected chi connectivity index (χ3v) is 5.54. The largest absolute Gasteiger partial charge is 0.497 e. The van der Waals surface area contributed by atoms with Crippen LogP contribution in [0.3, 0.4) is 0 Å². The Morgan fingerprint density at radius 2 is 2.17 bits per heavy atom. The molecule has 2 heterocycles. The lowest BCUT2D eigenvalue weighted by atomic mass is 9.80. The fourth-order valence-electron chi connectivity index (χ4n) is 4.59. The molecule has 0 N–H and O–H groups in total. The topological polar surface area (TPSA) is 74.5 Å². The lowest BCUT2D eigenvalue weighted by molar-refractivity contribution is -0.143. The summed E-state index contributed by atoms with van der Waals surface area (Å²) in [5, 5.41) is 4.10. The lowest BCUT2D eigenvalue weighted by Crippen LogP contribution is -2.24. The maximum absolute atomic E-state index is 12.1. The molecule has 0 spiro atoms. The van der Waals surface area contributed by atoms with Crippen molar-refractivity contribution in [3.8, 4) is 17.1 Å². The van der Waals surface area contributed by atoms with E-state index in [-0.39, 0.29) is 23.9 Å². The molecule has 1 aromatic heterocycles. The Morgan fingerprint density at radius 1 is 1.26 bits per heavy atom. The van der Waals surface area contributed by atoms with Crippen molar-refractivity contribution in [2.75, 3.05) is 7.11 Å². The molecule has 2 bridgehead atoms. The van der Waals surface area contributed by atoms with Gasteiger partial charge in [-0.3, -0.25) is 4.79 Å². The monoisotopic (exact) mass is 312 g/mol. The van der Waals surface area contributed by atoms with Crippen LogP contribution >= 0.6 is 0 Å². The number of methoxy groups -OCH3 is 1. The van der Waals surface area contributed by atoms with Gasteiger partial charge in [-0.1, -0.05) is 17.3 Å². The molecule has 3 fully saturated rings. The fraction of sp³-hybridized carbons (Fsp3) is 0.471. The summed E-state index contributed by atoms with van der Waals surface area (Å²) < 4.78 is 16.2. The van der Waals surface area contributed by atoms with Gasteiger partial charge in [0.1, 0.15) is 11.9 Å². The zero-order valence-electron chi connectivity index (χ0n) is 12.6. The number of carbonyl (C=O) groups excluding carboxylic acids is 1. The summed E-state index contributed by atoms with van der Waals surface area (Å²) >= 11 is 0. The zero-order valence-corrected chi connectivity index (χ0v) is 12.6. The Balaban J connectivity index is 1.49. The molecule has 3 aliphatic rings. The smallest absolute Gasteiger partial charge is 0.310 e. The molecule has 1 saturated heterocycles. The van der Waals surface area contributed by atoms with Gasteiger partial charge in [0.15, 0.2) is 0 Å². The summed E-state index contributed by atoms with van der Waals surface area (Å²) in [5.41, 5.74) is 0.842. The fourth-order valence-corrected chi connectivity index (χ4v) is 4.59. The van der Waals surface area contributed by atoms with E-state index >= 15 is 0 Å². The number of ether oxygens (including phenoxy) is 2. The van der Waals surface area contributed by atoms with Gasteiger partial charge in [0, 0.05) is 11.5 Å². The van der Waals surface area contributed by atoms with Crippen LogP contribution in [0.1, 0.15) is 24.7 Å². The Bertz CT molecular complexity index is 784. The maximum Gasteiger partial charge on any atom is 0.310 e. The molecule has 1 aliphatic heterocycles. The van der Waals surface area contributed by atoms with Crippen LogP contribution in [0, 0.1) is 17.8 Å². The average molecular weight is 312 g/mol. The molecule has 118 valence electrons. The van der Waals surface area contributed by atoms with E-state index in [1.54, 1.807) is 7.11 Å². The third kappa shape index (κ3) is 1.77.